The molecular weight excluding hydrogens is 354 g/mol. The van der Waals surface area contributed by atoms with Crippen LogP contribution in [0.2, 0.25) is 0 Å². The van der Waals surface area contributed by atoms with E-state index in [0.29, 0.717) is 38.3 Å². The van der Waals surface area contributed by atoms with E-state index in [9.17, 15) is 9.59 Å². The summed E-state index contributed by atoms with van der Waals surface area (Å²) >= 11 is 0. The topological polar surface area (TPSA) is 71.3 Å². The van der Waals surface area contributed by atoms with Crippen molar-refractivity contribution in [1.29, 1.82) is 0 Å². The van der Waals surface area contributed by atoms with Gasteiger partial charge >= 0.3 is 0 Å². The number of amides is 2. The molecule has 1 atom stereocenters. The fourth-order valence-electron chi connectivity index (χ4n) is 4.60. The molecule has 4 heterocycles. The summed E-state index contributed by atoms with van der Waals surface area (Å²) in [4.78, 5) is 33.7. The van der Waals surface area contributed by atoms with Gasteiger partial charge in [-0.15, -0.1) is 0 Å². The van der Waals surface area contributed by atoms with Gasteiger partial charge in [0.15, 0.2) is 0 Å². The van der Waals surface area contributed by atoms with Crippen LogP contribution in [-0.2, 0) is 17.9 Å². The molecule has 0 aliphatic carbocycles. The van der Waals surface area contributed by atoms with E-state index in [1.165, 1.54) is 0 Å². The second-order valence-corrected chi connectivity index (χ2v) is 7.97. The summed E-state index contributed by atoms with van der Waals surface area (Å²) in [5.74, 6) is 0.246. The second-order valence-electron chi connectivity index (χ2n) is 7.97. The molecule has 0 saturated carbocycles. The highest BCUT2D eigenvalue weighted by Gasteiger charge is 2.43. The molecular formula is C21H27N5O2. The molecule has 2 saturated heterocycles. The highest BCUT2D eigenvalue weighted by molar-refractivity contribution is 5.92. The molecule has 2 fully saturated rings. The van der Waals surface area contributed by atoms with Gasteiger partial charge < -0.3 is 9.80 Å². The van der Waals surface area contributed by atoms with Crippen molar-refractivity contribution in [2.75, 3.05) is 19.6 Å². The van der Waals surface area contributed by atoms with Crippen LogP contribution in [-0.4, -0.2) is 56.0 Å². The minimum atomic E-state index is -0.0128. The van der Waals surface area contributed by atoms with Crippen LogP contribution in [0.5, 0.6) is 0 Å². The Bertz CT molecular complexity index is 849. The number of rotatable bonds is 4. The maximum absolute atomic E-state index is 13.1. The lowest BCUT2D eigenvalue weighted by Crippen LogP contribution is -2.55. The van der Waals surface area contributed by atoms with Crippen LogP contribution in [0.4, 0.5) is 0 Å². The van der Waals surface area contributed by atoms with Crippen LogP contribution < -0.4 is 0 Å². The Kier molecular flexibility index (Phi) is 5.15. The summed E-state index contributed by atoms with van der Waals surface area (Å²) in [6, 6.07) is 5.70. The summed E-state index contributed by atoms with van der Waals surface area (Å²) < 4.78 is 1.75. The molecule has 1 unspecified atom stereocenters. The zero-order chi connectivity index (χ0) is 19.6. The molecule has 7 heteroatoms. The van der Waals surface area contributed by atoms with E-state index in [4.69, 9.17) is 0 Å². The summed E-state index contributed by atoms with van der Waals surface area (Å²) in [6.45, 7) is 5.44. The van der Waals surface area contributed by atoms with E-state index in [1.807, 2.05) is 35.1 Å². The molecule has 0 N–H and O–H groups in total. The van der Waals surface area contributed by atoms with Crippen molar-refractivity contribution in [3.8, 4) is 0 Å². The summed E-state index contributed by atoms with van der Waals surface area (Å²) in [5, 5.41) is 4.23. The predicted octanol–water partition coefficient (Wildman–Crippen LogP) is 2.34. The Morgan fingerprint density at radius 2 is 2.11 bits per heavy atom. The van der Waals surface area contributed by atoms with Crippen molar-refractivity contribution in [2.24, 2.45) is 5.41 Å². The highest BCUT2D eigenvalue weighted by atomic mass is 16.2. The van der Waals surface area contributed by atoms with Crippen molar-refractivity contribution >= 4 is 11.8 Å². The Labute approximate surface area is 165 Å². The van der Waals surface area contributed by atoms with E-state index >= 15 is 0 Å². The molecule has 4 rings (SSSR count). The molecule has 7 nitrogen and oxygen atoms in total. The third kappa shape index (κ3) is 3.66. The lowest BCUT2D eigenvalue weighted by molar-refractivity contribution is -0.139. The van der Waals surface area contributed by atoms with Crippen LogP contribution in [0.25, 0.3) is 0 Å². The van der Waals surface area contributed by atoms with E-state index in [2.05, 4.69) is 10.1 Å². The average Bonchev–Trinajstić information content (AvgIpc) is 3.20. The molecule has 2 aliphatic heterocycles. The first-order valence-electron chi connectivity index (χ1n) is 10.1. The number of piperidine rings is 2. The lowest BCUT2D eigenvalue weighted by atomic mass is 9.73. The second kappa shape index (κ2) is 7.73. The van der Waals surface area contributed by atoms with Gasteiger partial charge in [0.2, 0.25) is 5.91 Å². The Balaban J connectivity index is 1.49. The first-order valence-corrected chi connectivity index (χ1v) is 10.1. The maximum atomic E-state index is 13.1. The molecule has 0 radical (unpaired) electrons. The molecule has 2 aliphatic rings. The van der Waals surface area contributed by atoms with Gasteiger partial charge in [-0.1, -0.05) is 6.07 Å². The number of aryl methyl sites for hydroxylation is 1. The predicted molar refractivity (Wildman–Crippen MR) is 104 cm³/mol. The van der Waals surface area contributed by atoms with Crippen molar-refractivity contribution in [3.05, 3.63) is 48.0 Å². The minimum absolute atomic E-state index is 0.0128. The Morgan fingerprint density at radius 1 is 1.21 bits per heavy atom. The summed E-state index contributed by atoms with van der Waals surface area (Å²) in [6.07, 6.45) is 8.68. The van der Waals surface area contributed by atoms with Gasteiger partial charge in [-0.05, 0) is 43.9 Å². The van der Waals surface area contributed by atoms with Crippen LogP contribution in [0, 0.1) is 5.41 Å². The average molecular weight is 381 g/mol. The van der Waals surface area contributed by atoms with E-state index < -0.39 is 0 Å². The third-order valence-electron chi connectivity index (χ3n) is 6.03. The molecule has 2 amide bonds. The third-order valence-corrected chi connectivity index (χ3v) is 6.03. The number of likely N-dealkylation sites (tertiary alicyclic amines) is 2. The molecule has 0 bridgehead atoms. The quantitative estimate of drug-likeness (QED) is 0.815. The van der Waals surface area contributed by atoms with Crippen molar-refractivity contribution in [1.82, 2.24) is 24.6 Å². The summed E-state index contributed by atoms with van der Waals surface area (Å²) in [7, 11) is 0. The van der Waals surface area contributed by atoms with Crippen LogP contribution >= 0.6 is 0 Å². The fraction of sp³-hybridized carbons (Fsp3) is 0.524. The largest absolute Gasteiger partial charge is 0.338 e. The fourth-order valence-corrected chi connectivity index (χ4v) is 4.60. The molecule has 1 spiro atoms. The standard InChI is InChI=1S/C21H27N5O2/c1-2-26-18(7-11-23-26)20(28)24-12-4-8-21(15-24)9-6-19(27)25(16-21)14-17-5-3-10-22-13-17/h3,5,7,10-11,13H,2,4,6,8-9,12,14-16H2,1H3. The smallest absolute Gasteiger partial charge is 0.272 e. The monoisotopic (exact) mass is 381 g/mol. The zero-order valence-electron chi connectivity index (χ0n) is 16.4. The Morgan fingerprint density at radius 3 is 2.89 bits per heavy atom. The molecule has 148 valence electrons. The first kappa shape index (κ1) is 18.7. The lowest BCUT2D eigenvalue weighted by Gasteiger charge is -2.48. The zero-order valence-corrected chi connectivity index (χ0v) is 16.4. The van der Waals surface area contributed by atoms with Gasteiger partial charge in [-0.25, -0.2) is 0 Å². The number of aromatic nitrogens is 3. The number of nitrogens with zero attached hydrogens (tertiary/aromatic N) is 5. The van der Waals surface area contributed by atoms with Crippen LogP contribution in [0.3, 0.4) is 0 Å². The van der Waals surface area contributed by atoms with E-state index in [0.717, 1.165) is 31.4 Å². The van der Waals surface area contributed by atoms with E-state index in [1.54, 1.807) is 23.1 Å². The van der Waals surface area contributed by atoms with Crippen molar-refractivity contribution < 1.29 is 9.59 Å². The SMILES string of the molecule is CCn1nccc1C(=O)N1CCCC2(CCC(=O)N(Cc3cccnc3)C2)C1. The molecule has 2 aromatic heterocycles. The number of carbonyl (C=O) groups is 2. The molecule has 28 heavy (non-hydrogen) atoms. The summed E-state index contributed by atoms with van der Waals surface area (Å²) in [5.41, 5.74) is 1.68. The van der Waals surface area contributed by atoms with Crippen LogP contribution in [0.1, 0.15) is 48.7 Å². The highest BCUT2D eigenvalue weighted by Crippen LogP contribution is 2.39. The first-order chi connectivity index (χ1) is 13.6. The number of hydrogen-bond donors (Lipinski definition) is 0. The van der Waals surface area contributed by atoms with Gasteiger partial charge in [0, 0.05) is 63.2 Å². The van der Waals surface area contributed by atoms with Gasteiger partial charge in [-0.3, -0.25) is 19.3 Å². The number of pyridine rings is 1. The van der Waals surface area contributed by atoms with Gasteiger partial charge in [0.05, 0.1) is 0 Å². The minimum Gasteiger partial charge on any atom is -0.338 e. The molecule has 0 aromatic carbocycles. The van der Waals surface area contributed by atoms with Gasteiger partial charge in [-0.2, -0.15) is 5.10 Å². The van der Waals surface area contributed by atoms with Crippen molar-refractivity contribution in [3.63, 3.8) is 0 Å². The normalized spacial score (nSPS) is 22.7. The Hall–Kier alpha value is -2.70. The van der Waals surface area contributed by atoms with Crippen LogP contribution in [0.15, 0.2) is 36.8 Å². The van der Waals surface area contributed by atoms with E-state index in [-0.39, 0.29) is 17.2 Å². The number of hydrogen-bond acceptors (Lipinski definition) is 4. The van der Waals surface area contributed by atoms with Gasteiger partial charge in [0.1, 0.15) is 5.69 Å². The maximum Gasteiger partial charge on any atom is 0.272 e. The molecule has 2 aromatic rings. The number of carbonyl (C=O) groups excluding carboxylic acids is 2. The van der Waals surface area contributed by atoms with Gasteiger partial charge in [0.25, 0.3) is 5.91 Å². The van der Waals surface area contributed by atoms with Crippen molar-refractivity contribution in [2.45, 2.75) is 45.7 Å².